The molecule has 1 aromatic heterocycles. The Labute approximate surface area is 105 Å². The van der Waals surface area contributed by atoms with E-state index in [1.165, 1.54) is 0 Å². The first-order chi connectivity index (χ1) is 7.65. The number of aromatic nitrogens is 2. The minimum atomic E-state index is 0.395. The molecule has 0 radical (unpaired) electrons. The van der Waals surface area contributed by atoms with Crippen LogP contribution in [0.3, 0.4) is 0 Å². The Morgan fingerprint density at radius 1 is 1.31 bits per heavy atom. The van der Waals surface area contributed by atoms with Crippen LogP contribution in [0.5, 0.6) is 0 Å². The summed E-state index contributed by atoms with van der Waals surface area (Å²) >= 11 is 12.0. The van der Waals surface area contributed by atoms with Crippen molar-refractivity contribution in [1.29, 1.82) is 0 Å². The fourth-order valence-corrected chi connectivity index (χ4v) is 2.23. The van der Waals surface area contributed by atoms with Gasteiger partial charge in [0.25, 0.3) is 0 Å². The lowest BCUT2D eigenvalue weighted by atomic mass is 10.2. The molecule has 0 bridgehead atoms. The van der Waals surface area contributed by atoms with Crippen LogP contribution in [0.15, 0.2) is 24.5 Å². The lowest BCUT2D eigenvalue weighted by Crippen LogP contribution is -2.00. The molecule has 0 spiro atoms. The van der Waals surface area contributed by atoms with E-state index in [-0.39, 0.29) is 0 Å². The molecule has 0 unspecified atom stereocenters. The molecular weight excluding hydrogens is 243 g/mol. The molecule has 1 aromatic carbocycles. The highest BCUT2D eigenvalue weighted by molar-refractivity contribution is 6.32. The van der Waals surface area contributed by atoms with Gasteiger partial charge >= 0.3 is 0 Å². The van der Waals surface area contributed by atoms with E-state index in [0.717, 1.165) is 22.6 Å². The summed E-state index contributed by atoms with van der Waals surface area (Å²) in [5.74, 6) is 0.395. The van der Waals surface area contributed by atoms with E-state index >= 15 is 0 Å². The Morgan fingerprint density at radius 3 is 2.62 bits per heavy atom. The van der Waals surface area contributed by atoms with Crippen molar-refractivity contribution in [1.82, 2.24) is 9.55 Å². The first-order valence-corrected chi connectivity index (χ1v) is 5.90. The Kier molecular flexibility index (Phi) is 3.22. The first kappa shape index (κ1) is 11.5. The first-order valence-electron chi connectivity index (χ1n) is 4.99. The zero-order valence-electron chi connectivity index (χ0n) is 9.17. The van der Waals surface area contributed by atoms with Gasteiger partial charge in [0.2, 0.25) is 0 Å². The molecule has 2 rings (SSSR count). The average molecular weight is 255 g/mol. The number of halogens is 2. The third-order valence-electron chi connectivity index (χ3n) is 2.74. The SMILES string of the molecule is Cc1ncn(-c2cccc(Cl)c2CCl)c1C. The van der Waals surface area contributed by atoms with Crippen molar-refractivity contribution in [2.75, 3.05) is 0 Å². The molecule has 1 heterocycles. The molecule has 16 heavy (non-hydrogen) atoms. The van der Waals surface area contributed by atoms with Gasteiger partial charge in [-0.25, -0.2) is 4.98 Å². The highest BCUT2D eigenvalue weighted by Crippen LogP contribution is 2.26. The van der Waals surface area contributed by atoms with Crippen LogP contribution < -0.4 is 0 Å². The number of hydrogen-bond donors (Lipinski definition) is 0. The molecule has 0 atom stereocenters. The molecule has 4 heteroatoms. The summed E-state index contributed by atoms with van der Waals surface area (Å²) in [6, 6.07) is 5.77. The second-order valence-electron chi connectivity index (χ2n) is 3.66. The quantitative estimate of drug-likeness (QED) is 0.744. The lowest BCUT2D eigenvalue weighted by Gasteiger charge is -2.11. The van der Waals surface area contributed by atoms with E-state index in [1.54, 1.807) is 6.33 Å². The number of alkyl halides is 1. The second-order valence-corrected chi connectivity index (χ2v) is 4.33. The van der Waals surface area contributed by atoms with Crippen molar-refractivity contribution in [2.45, 2.75) is 19.7 Å². The molecule has 84 valence electrons. The van der Waals surface area contributed by atoms with Crippen LogP contribution in [0.25, 0.3) is 5.69 Å². The standard InChI is InChI=1S/C12H12Cl2N2/c1-8-9(2)16(7-15-8)12-5-3-4-11(14)10(12)6-13/h3-5,7H,6H2,1-2H3. The topological polar surface area (TPSA) is 17.8 Å². The van der Waals surface area contributed by atoms with Gasteiger partial charge in [-0.2, -0.15) is 0 Å². The van der Waals surface area contributed by atoms with E-state index in [4.69, 9.17) is 23.2 Å². The number of benzene rings is 1. The van der Waals surface area contributed by atoms with Crippen molar-refractivity contribution < 1.29 is 0 Å². The molecular formula is C12H12Cl2N2. The summed E-state index contributed by atoms with van der Waals surface area (Å²) in [4.78, 5) is 4.27. The normalized spacial score (nSPS) is 10.8. The van der Waals surface area contributed by atoms with Gasteiger partial charge in [-0.15, -0.1) is 11.6 Å². The second kappa shape index (κ2) is 4.48. The lowest BCUT2D eigenvalue weighted by molar-refractivity contribution is 0.985. The summed E-state index contributed by atoms with van der Waals surface area (Å²) in [5, 5.41) is 0.693. The van der Waals surface area contributed by atoms with Crippen LogP contribution in [-0.4, -0.2) is 9.55 Å². The molecule has 2 aromatic rings. The maximum atomic E-state index is 6.12. The van der Waals surface area contributed by atoms with Crippen molar-refractivity contribution in [3.63, 3.8) is 0 Å². The average Bonchev–Trinajstić information content (AvgIpc) is 2.59. The molecule has 0 saturated carbocycles. The van der Waals surface area contributed by atoms with Crippen LogP contribution >= 0.6 is 23.2 Å². The molecule has 2 nitrogen and oxygen atoms in total. The maximum absolute atomic E-state index is 6.12. The van der Waals surface area contributed by atoms with Gasteiger partial charge in [0, 0.05) is 16.3 Å². The Hall–Kier alpha value is -0.990. The number of rotatable bonds is 2. The molecule has 0 N–H and O–H groups in total. The molecule has 0 aliphatic carbocycles. The largest absolute Gasteiger partial charge is 0.303 e. The monoisotopic (exact) mass is 254 g/mol. The summed E-state index contributed by atoms with van der Waals surface area (Å²) in [6.45, 7) is 4.01. The Morgan fingerprint density at radius 2 is 2.06 bits per heavy atom. The molecule has 0 amide bonds. The summed E-state index contributed by atoms with van der Waals surface area (Å²) in [7, 11) is 0. The van der Waals surface area contributed by atoms with Gasteiger partial charge in [0.15, 0.2) is 0 Å². The van der Waals surface area contributed by atoms with Crippen LogP contribution in [0.1, 0.15) is 17.0 Å². The van der Waals surface area contributed by atoms with Gasteiger partial charge in [0.1, 0.15) is 0 Å². The van der Waals surface area contributed by atoms with E-state index in [9.17, 15) is 0 Å². The number of imidazole rings is 1. The molecule has 0 aliphatic rings. The van der Waals surface area contributed by atoms with Crippen LogP contribution in [0, 0.1) is 13.8 Å². The van der Waals surface area contributed by atoms with Crippen molar-refractivity contribution >= 4 is 23.2 Å². The van der Waals surface area contributed by atoms with Crippen LogP contribution in [0.4, 0.5) is 0 Å². The number of nitrogens with zero attached hydrogens (tertiary/aromatic N) is 2. The minimum Gasteiger partial charge on any atom is -0.303 e. The van der Waals surface area contributed by atoms with Gasteiger partial charge < -0.3 is 4.57 Å². The van der Waals surface area contributed by atoms with Crippen molar-refractivity contribution in [3.8, 4) is 5.69 Å². The van der Waals surface area contributed by atoms with Crippen LogP contribution in [0.2, 0.25) is 5.02 Å². The zero-order valence-corrected chi connectivity index (χ0v) is 10.7. The maximum Gasteiger partial charge on any atom is 0.0997 e. The van der Waals surface area contributed by atoms with Gasteiger partial charge in [-0.1, -0.05) is 17.7 Å². The van der Waals surface area contributed by atoms with Crippen LogP contribution in [-0.2, 0) is 5.88 Å². The fourth-order valence-electron chi connectivity index (χ4n) is 1.65. The third kappa shape index (κ3) is 1.83. The Balaban J connectivity index is 2.64. The summed E-state index contributed by atoms with van der Waals surface area (Å²) in [6.07, 6.45) is 1.80. The van der Waals surface area contributed by atoms with E-state index in [1.807, 2.05) is 36.6 Å². The minimum absolute atomic E-state index is 0.395. The van der Waals surface area contributed by atoms with Crippen molar-refractivity contribution in [2.24, 2.45) is 0 Å². The van der Waals surface area contributed by atoms with Gasteiger partial charge in [-0.05, 0) is 26.0 Å². The fraction of sp³-hybridized carbons (Fsp3) is 0.250. The summed E-state index contributed by atoms with van der Waals surface area (Å²) in [5.41, 5.74) is 4.06. The van der Waals surface area contributed by atoms with E-state index in [2.05, 4.69) is 4.98 Å². The van der Waals surface area contributed by atoms with E-state index in [0.29, 0.717) is 10.9 Å². The van der Waals surface area contributed by atoms with E-state index < -0.39 is 0 Å². The smallest absolute Gasteiger partial charge is 0.0997 e. The third-order valence-corrected chi connectivity index (χ3v) is 3.36. The predicted octanol–water partition coefficient (Wildman–Crippen LogP) is 3.88. The summed E-state index contributed by atoms with van der Waals surface area (Å²) < 4.78 is 2.01. The highest BCUT2D eigenvalue weighted by atomic mass is 35.5. The zero-order chi connectivity index (χ0) is 11.7. The highest BCUT2D eigenvalue weighted by Gasteiger charge is 2.10. The van der Waals surface area contributed by atoms with Gasteiger partial charge in [0.05, 0.1) is 23.6 Å². The number of hydrogen-bond acceptors (Lipinski definition) is 1. The van der Waals surface area contributed by atoms with Crippen molar-refractivity contribution in [3.05, 3.63) is 46.5 Å². The van der Waals surface area contributed by atoms with Gasteiger partial charge in [-0.3, -0.25) is 0 Å². The number of aryl methyl sites for hydroxylation is 1. The Bertz CT molecular complexity index is 518. The molecule has 0 saturated heterocycles. The molecule has 0 fully saturated rings. The molecule has 0 aliphatic heterocycles. The predicted molar refractivity (Wildman–Crippen MR) is 67.6 cm³/mol.